The normalized spacial score (nSPS) is 15.8. The molecule has 8 heteroatoms. The van der Waals surface area contributed by atoms with E-state index in [2.05, 4.69) is 45.7 Å². The number of nitrogens with one attached hydrogen (secondary N) is 1. The fraction of sp³-hybridized carbons (Fsp3) is 0.500. The van der Waals surface area contributed by atoms with Crippen molar-refractivity contribution in [3.05, 3.63) is 59.7 Å². The number of carbonyl (C=O) groups is 1. The summed E-state index contributed by atoms with van der Waals surface area (Å²) in [5, 5.41) is 0. The zero-order valence-corrected chi connectivity index (χ0v) is 21.6. The van der Waals surface area contributed by atoms with Gasteiger partial charge in [0.15, 0.2) is 0 Å². The Labute approximate surface area is 204 Å². The lowest BCUT2D eigenvalue weighted by Crippen LogP contribution is -2.47. The van der Waals surface area contributed by atoms with E-state index < -0.39 is 10.0 Å². The molecule has 0 aromatic heterocycles. The molecule has 1 heterocycles. The lowest BCUT2D eigenvalue weighted by molar-refractivity contribution is 0.0773. The first-order valence-corrected chi connectivity index (χ1v) is 13.7. The van der Waals surface area contributed by atoms with Gasteiger partial charge in [0.05, 0.1) is 4.90 Å². The molecule has 7 nitrogen and oxygen atoms in total. The fourth-order valence-electron chi connectivity index (χ4n) is 4.29. The van der Waals surface area contributed by atoms with E-state index in [0.717, 1.165) is 39.1 Å². The molecule has 3 rings (SSSR count). The zero-order chi connectivity index (χ0) is 24.7. The van der Waals surface area contributed by atoms with Gasteiger partial charge in [-0.25, -0.2) is 13.1 Å². The maximum Gasteiger partial charge on any atom is 0.253 e. The molecular formula is C26H38N4O3S. The van der Waals surface area contributed by atoms with Gasteiger partial charge in [0.2, 0.25) is 10.0 Å². The van der Waals surface area contributed by atoms with E-state index in [1.807, 2.05) is 20.8 Å². The van der Waals surface area contributed by atoms with Crippen LogP contribution in [-0.4, -0.2) is 76.0 Å². The molecule has 0 saturated carbocycles. The Balaban J connectivity index is 1.48. The standard InChI is InChI=1S/C26H38N4O3S/c1-5-29(6-2)26(31)23-10-12-25(13-11-23)34(32,33)27-22(4)14-15-28-16-18-30(19-17-28)24-9-7-8-21(3)20-24/h7-13,20,22,27H,5-6,14-19H2,1-4H3. The van der Waals surface area contributed by atoms with Gasteiger partial charge in [0, 0.05) is 56.6 Å². The molecular weight excluding hydrogens is 448 g/mol. The van der Waals surface area contributed by atoms with Crippen LogP contribution in [0, 0.1) is 6.92 Å². The molecule has 0 aliphatic carbocycles. The van der Waals surface area contributed by atoms with Crippen LogP contribution < -0.4 is 9.62 Å². The van der Waals surface area contributed by atoms with Crippen molar-refractivity contribution >= 4 is 21.6 Å². The maximum absolute atomic E-state index is 12.8. The Hall–Kier alpha value is -2.42. The molecule has 1 atom stereocenters. The summed E-state index contributed by atoms with van der Waals surface area (Å²) in [6.07, 6.45) is 0.738. The number of amides is 1. The summed E-state index contributed by atoms with van der Waals surface area (Å²) in [5.41, 5.74) is 3.04. The Morgan fingerprint density at radius 2 is 1.68 bits per heavy atom. The van der Waals surface area contributed by atoms with E-state index in [0.29, 0.717) is 18.7 Å². The van der Waals surface area contributed by atoms with Crippen LogP contribution >= 0.6 is 0 Å². The molecule has 1 saturated heterocycles. The fourth-order valence-corrected chi connectivity index (χ4v) is 5.57. The van der Waals surface area contributed by atoms with Gasteiger partial charge >= 0.3 is 0 Å². The van der Waals surface area contributed by atoms with Gasteiger partial charge in [-0.2, -0.15) is 0 Å². The third-order valence-electron chi connectivity index (χ3n) is 6.44. The van der Waals surface area contributed by atoms with Crippen molar-refractivity contribution in [1.82, 2.24) is 14.5 Å². The number of hydrogen-bond donors (Lipinski definition) is 1. The molecule has 2 aromatic carbocycles. The Morgan fingerprint density at radius 3 is 2.26 bits per heavy atom. The second-order valence-electron chi connectivity index (χ2n) is 8.98. The van der Waals surface area contributed by atoms with Crippen LogP contribution in [0.4, 0.5) is 5.69 Å². The van der Waals surface area contributed by atoms with Crippen molar-refractivity contribution in [2.24, 2.45) is 0 Å². The summed E-state index contributed by atoms with van der Waals surface area (Å²) in [5.74, 6) is -0.0854. The summed E-state index contributed by atoms with van der Waals surface area (Å²) in [6, 6.07) is 14.6. The predicted molar refractivity (Wildman–Crippen MR) is 138 cm³/mol. The number of rotatable bonds is 10. The van der Waals surface area contributed by atoms with Gasteiger partial charge in [-0.15, -0.1) is 0 Å². The van der Waals surface area contributed by atoms with Crippen molar-refractivity contribution in [1.29, 1.82) is 0 Å². The van der Waals surface area contributed by atoms with Crippen molar-refractivity contribution in [3.63, 3.8) is 0 Å². The van der Waals surface area contributed by atoms with Gasteiger partial charge in [-0.05, 0) is 82.6 Å². The highest BCUT2D eigenvalue weighted by Crippen LogP contribution is 2.18. The van der Waals surface area contributed by atoms with Crippen LogP contribution in [0.5, 0.6) is 0 Å². The van der Waals surface area contributed by atoms with Crippen LogP contribution in [0.1, 0.15) is 43.1 Å². The van der Waals surface area contributed by atoms with Crippen LogP contribution in [0.25, 0.3) is 0 Å². The zero-order valence-electron chi connectivity index (χ0n) is 20.8. The molecule has 186 valence electrons. The largest absolute Gasteiger partial charge is 0.369 e. The van der Waals surface area contributed by atoms with Crippen LogP contribution in [0.15, 0.2) is 53.4 Å². The van der Waals surface area contributed by atoms with E-state index in [4.69, 9.17) is 0 Å². The first kappa shape index (κ1) is 26.2. The first-order chi connectivity index (χ1) is 16.2. The van der Waals surface area contributed by atoms with Gasteiger partial charge in [0.25, 0.3) is 5.91 Å². The number of carbonyl (C=O) groups excluding carboxylic acids is 1. The molecule has 34 heavy (non-hydrogen) atoms. The molecule has 1 aliphatic heterocycles. The molecule has 1 amide bonds. The Bertz CT molecular complexity index is 1040. The van der Waals surface area contributed by atoms with Crippen molar-refractivity contribution in [2.75, 3.05) is 50.7 Å². The monoisotopic (exact) mass is 486 g/mol. The van der Waals surface area contributed by atoms with Gasteiger partial charge in [-0.3, -0.25) is 9.69 Å². The highest BCUT2D eigenvalue weighted by molar-refractivity contribution is 7.89. The van der Waals surface area contributed by atoms with Crippen molar-refractivity contribution < 1.29 is 13.2 Å². The molecule has 1 unspecified atom stereocenters. The van der Waals surface area contributed by atoms with Gasteiger partial charge in [0.1, 0.15) is 0 Å². The Morgan fingerprint density at radius 1 is 1.03 bits per heavy atom. The average molecular weight is 487 g/mol. The van der Waals surface area contributed by atoms with Gasteiger partial charge in [-0.1, -0.05) is 12.1 Å². The number of benzene rings is 2. The third kappa shape index (κ3) is 6.81. The minimum Gasteiger partial charge on any atom is -0.369 e. The number of hydrogen-bond acceptors (Lipinski definition) is 5. The topological polar surface area (TPSA) is 73.0 Å². The third-order valence-corrected chi connectivity index (χ3v) is 8.04. The molecule has 2 aromatic rings. The minimum atomic E-state index is -3.64. The van der Waals surface area contributed by atoms with Crippen LogP contribution in [0.3, 0.4) is 0 Å². The van der Waals surface area contributed by atoms with Crippen LogP contribution in [0.2, 0.25) is 0 Å². The van der Waals surface area contributed by atoms with E-state index in [-0.39, 0.29) is 16.8 Å². The average Bonchev–Trinajstić information content (AvgIpc) is 2.83. The number of piperazine rings is 1. The van der Waals surface area contributed by atoms with Crippen molar-refractivity contribution in [2.45, 2.75) is 45.1 Å². The van der Waals surface area contributed by atoms with E-state index >= 15 is 0 Å². The highest BCUT2D eigenvalue weighted by atomic mass is 32.2. The summed E-state index contributed by atoms with van der Waals surface area (Å²) >= 11 is 0. The van der Waals surface area contributed by atoms with E-state index in [1.54, 1.807) is 17.0 Å². The quantitative estimate of drug-likeness (QED) is 0.558. The van der Waals surface area contributed by atoms with E-state index in [9.17, 15) is 13.2 Å². The molecule has 0 spiro atoms. The summed E-state index contributed by atoms with van der Waals surface area (Å²) < 4.78 is 28.4. The Kier molecular flexibility index (Phi) is 9.10. The second kappa shape index (κ2) is 11.8. The summed E-state index contributed by atoms with van der Waals surface area (Å²) in [6.45, 7) is 13.8. The first-order valence-electron chi connectivity index (χ1n) is 12.2. The SMILES string of the molecule is CCN(CC)C(=O)c1ccc(S(=O)(=O)NC(C)CCN2CCN(c3cccc(C)c3)CC2)cc1. The maximum atomic E-state index is 12.8. The predicted octanol–water partition coefficient (Wildman–Crippen LogP) is 3.36. The highest BCUT2D eigenvalue weighted by Gasteiger charge is 2.21. The number of anilines is 1. The smallest absolute Gasteiger partial charge is 0.253 e. The summed E-state index contributed by atoms with van der Waals surface area (Å²) in [4.78, 5) is 19.1. The summed E-state index contributed by atoms with van der Waals surface area (Å²) in [7, 11) is -3.64. The van der Waals surface area contributed by atoms with Crippen molar-refractivity contribution in [3.8, 4) is 0 Å². The lowest BCUT2D eigenvalue weighted by atomic mass is 10.2. The van der Waals surface area contributed by atoms with Gasteiger partial charge < -0.3 is 9.80 Å². The minimum absolute atomic E-state index is 0.0854. The number of nitrogens with zero attached hydrogens (tertiary/aromatic N) is 3. The van der Waals surface area contributed by atoms with Crippen LogP contribution in [-0.2, 0) is 10.0 Å². The number of sulfonamides is 1. The molecule has 1 N–H and O–H groups in total. The second-order valence-corrected chi connectivity index (χ2v) is 10.7. The number of aryl methyl sites for hydroxylation is 1. The molecule has 0 bridgehead atoms. The van der Waals surface area contributed by atoms with E-state index in [1.165, 1.54) is 23.4 Å². The molecule has 0 radical (unpaired) electrons. The molecule has 1 aliphatic rings. The lowest BCUT2D eigenvalue weighted by Gasteiger charge is -2.36. The molecule has 1 fully saturated rings.